The molecular weight excluding hydrogens is 227 g/mol. The van der Waals surface area contributed by atoms with Crippen LogP contribution in [0.3, 0.4) is 0 Å². The number of hydrogen-bond donors (Lipinski definition) is 2. The van der Waals surface area contributed by atoms with Gasteiger partial charge in [-0.25, -0.2) is 9.18 Å². The average Bonchev–Trinajstić information content (AvgIpc) is 2.65. The van der Waals surface area contributed by atoms with Crippen molar-refractivity contribution in [3.05, 3.63) is 44.5 Å². The van der Waals surface area contributed by atoms with Crippen LogP contribution in [0.15, 0.2) is 27.7 Å². The summed E-state index contributed by atoms with van der Waals surface area (Å²) >= 11 is 0. The van der Waals surface area contributed by atoms with Gasteiger partial charge in [0.15, 0.2) is 0 Å². The summed E-state index contributed by atoms with van der Waals surface area (Å²) in [5.74, 6) is -0.965. The number of allylic oxidation sites excluding steroid dienone is 1. The van der Waals surface area contributed by atoms with Crippen LogP contribution in [0, 0.1) is 12.8 Å². The molecule has 0 aliphatic heterocycles. The predicted molar refractivity (Wildman–Crippen MR) is 59.5 cm³/mol. The Hall–Kier alpha value is -1.69. The van der Waals surface area contributed by atoms with Crippen LogP contribution in [0.5, 0.6) is 0 Å². The van der Waals surface area contributed by atoms with Crippen molar-refractivity contribution in [1.82, 2.24) is 9.55 Å². The third-order valence-electron chi connectivity index (χ3n) is 2.99. The molecule has 0 bridgehead atoms. The molecule has 2 atom stereocenters. The van der Waals surface area contributed by atoms with Gasteiger partial charge in [-0.3, -0.25) is 14.3 Å². The Kier molecular flexibility index (Phi) is 2.97. The first-order chi connectivity index (χ1) is 8.02. The van der Waals surface area contributed by atoms with E-state index < -0.39 is 29.0 Å². The van der Waals surface area contributed by atoms with Gasteiger partial charge in [-0.15, -0.1) is 0 Å². The Morgan fingerprint density at radius 1 is 1.59 bits per heavy atom. The van der Waals surface area contributed by atoms with Crippen molar-refractivity contribution < 1.29 is 9.50 Å². The highest BCUT2D eigenvalue weighted by atomic mass is 19.1. The van der Waals surface area contributed by atoms with Crippen LogP contribution in [0.2, 0.25) is 0 Å². The zero-order valence-corrected chi connectivity index (χ0v) is 9.31. The number of H-pyrrole nitrogens is 1. The van der Waals surface area contributed by atoms with Gasteiger partial charge >= 0.3 is 5.69 Å². The molecule has 1 aliphatic carbocycles. The van der Waals surface area contributed by atoms with E-state index in [0.717, 1.165) is 0 Å². The number of aromatic amines is 1. The molecule has 92 valence electrons. The Bertz CT molecular complexity index is 573. The minimum atomic E-state index is -0.562. The van der Waals surface area contributed by atoms with E-state index in [2.05, 4.69) is 4.98 Å². The van der Waals surface area contributed by atoms with E-state index >= 15 is 0 Å². The SMILES string of the molecule is Cc1cn([C@H]2C=C(F)[C@@H](CO)C2)c(=O)[nH]c1=O. The van der Waals surface area contributed by atoms with Crippen molar-refractivity contribution in [3.63, 3.8) is 0 Å². The molecule has 1 aromatic heterocycles. The molecule has 0 saturated carbocycles. The van der Waals surface area contributed by atoms with Crippen LogP contribution >= 0.6 is 0 Å². The van der Waals surface area contributed by atoms with E-state index in [-0.39, 0.29) is 6.61 Å². The lowest BCUT2D eigenvalue weighted by atomic mass is 10.1. The summed E-state index contributed by atoms with van der Waals surface area (Å²) in [5.41, 5.74) is -0.605. The second-order valence-electron chi connectivity index (χ2n) is 4.21. The molecule has 0 radical (unpaired) electrons. The van der Waals surface area contributed by atoms with Gasteiger partial charge in [0.25, 0.3) is 5.56 Å². The number of aliphatic hydroxyl groups excluding tert-OH is 1. The lowest BCUT2D eigenvalue weighted by Gasteiger charge is -2.13. The second-order valence-corrected chi connectivity index (χ2v) is 4.21. The fourth-order valence-electron chi connectivity index (χ4n) is 1.98. The molecule has 0 unspecified atom stereocenters. The molecule has 0 fully saturated rings. The van der Waals surface area contributed by atoms with Gasteiger partial charge in [0.05, 0.1) is 12.6 Å². The number of aliphatic hydroxyl groups is 1. The summed E-state index contributed by atoms with van der Waals surface area (Å²) in [6, 6.07) is -0.449. The fourth-order valence-corrected chi connectivity index (χ4v) is 1.98. The zero-order valence-electron chi connectivity index (χ0n) is 9.31. The maximum Gasteiger partial charge on any atom is 0.328 e. The molecule has 6 heteroatoms. The summed E-state index contributed by atoms with van der Waals surface area (Å²) < 4.78 is 14.6. The average molecular weight is 240 g/mol. The summed E-state index contributed by atoms with van der Waals surface area (Å²) in [6.07, 6.45) is 3.04. The zero-order chi connectivity index (χ0) is 12.6. The first kappa shape index (κ1) is 11.8. The molecule has 5 nitrogen and oxygen atoms in total. The minimum Gasteiger partial charge on any atom is -0.396 e. The maximum atomic E-state index is 13.3. The molecule has 17 heavy (non-hydrogen) atoms. The van der Waals surface area contributed by atoms with Gasteiger partial charge in [-0.2, -0.15) is 0 Å². The Labute approximate surface area is 96.2 Å². The normalized spacial score (nSPS) is 23.8. The minimum absolute atomic E-state index is 0.282. The van der Waals surface area contributed by atoms with E-state index in [1.807, 2.05) is 0 Å². The number of nitrogens with one attached hydrogen (secondary N) is 1. The molecule has 2 N–H and O–H groups in total. The van der Waals surface area contributed by atoms with E-state index in [9.17, 15) is 14.0 Å². The van der Waals surface area contributed by atoms with Crippen LogP contribution in [-0.4, -0.2) is 21.3 Å². The van der Waals surface area contributed by atoms with Crippen molar-refractivity contribution in [2.75, 3.05) is 6.61 Å². The van der Waals surface area contributed by atoms with Gasteiger partial charge in [0.1, 0.15) is 5.83 Å². The first-order valence-corrected chi connectivity index (χ1v) is 5.33. The highest BCUT2D eigenvalue weighted by Crippen LogP contribution is 2.33. The molecule has 0 spiro atoms. The van der Waals surface area contributed by atoms with E-state index in [4.69, 9.17) is 5.11 Å². The Balaban J connectivity index is 2.41. The smallest absolute Gasteiger partial charge is 0.328 e. The number of hydrogen-bond acceptors (Lipinski definition) is 3. The molecule has 2 rings (SSSR count). The number of halogens is 1. The van der Waals surface area contributed by atoms with Crippen molar-refractivity contribution in [3.8, 4) is 0 Å². The first-order valence-electron chi connectivity index (χ1n) is 5.33. The Morgan fingerprint density at radius 2 is 2.29 bits per heavy atom. The number of aryl methyl sites for hydroxylation is 1. The van der Waals surface area contributed by atoms with Gasteiger partial charge in [-0.05, 0) is 19.4 Å². The largest absolute Gasteiger partial charge is 0.396 e. The Morgan fingerprint density at radius 3 is 2.88 bits per heavy atom. The third kappa shape index (κ3) is 2.08. The molecule has 0 saturated heterocycles. The van der Waals surface area contributed by atoms with E-state index in [0.29, 0.717) is 12.0 Å². The van der Waals surface area contributed by atoms with Crippen molar-refractivity contribution in [2.45, 2.75) is 19.4 Å². The topological polar surface area (TPSA) is 75.1 Å². The monoisotopic (exact) mass is 240 g/mol. The number of aromatic nitrogens is 2. The lowest BCUT2D eigenvalue weighted by molar-refractivity contribution is 0.223. The van der Waals surface area contributed by atoms with Crippen LogP contribution < -0.4 is 11.2 Å². The summed E-state index contributed by atoms with van der Waals surface area (Å²) in [5, 5.41) is 8.94. The van der Waals surface area contributed by atoms with E-state index in [1.54, 1.807) is 6.92 Å². The molecule has 0 amide bonds. The third-order valence-corrected chi connectivity index (χ3v) is 2.99. The van der Waals surface area contributed by atoms with Crippen molar-refractivity contribution in [2.24, 2.45) is 5.92 Å². The lowest BCUT2D eigenvalue weighted by Crippen LogP contribution is -2.32. The van der Waals surface area contributed by atoms with Crippen molar-refractivity contribution >= 4 is 0 Å². The van der Waals surface area contributed by atoms with Crippen LogP contribution in [0.25, 0.3) is 0 Å². The highest BCUT2D eigenvalue weighted by Gasteiger charge is 2.28. The van der Waals surface area contributed by atoms with Gasteiger partial charge in [0, 0.05) is 17.7 Å². The van der Waals surface area contributed by atoms with Crippen LogP contribution in [0.4, 0.5) is 4.39 Å². The standard InChI is InChI=1S/C11H13FN2O3/c1-6-4-14(11(17)13-10(6)16)8-2-7(5-15)9(12)3-8/h3-4,7-8,15H,2,5H2,1H3,(H,13,16,17)/t7-,8-/m1/s1. The van der Waals surface area contributed by atoms with E-state index in [1.165, 1.54) is 16.8 Å². The quantitative estimate of drug-likeness (QED) is 0.778. The second kappa shape index (κ2) is 4.29. The summed E-state index contributed by atoms with van der Waals surface area (Å²) in [7, 11) is 0. The van der Waals surface area contributed by atoms with Crippen LogP contribution in [0.1, 0.15) is 18.0 Å². The molecular formula is C11H13FN2O3. The summed E-state index contributed by atoms with van der Waals surface area (Å²) in [4.78, 5) is 24.9. The molecule has 1 heterocycles. The number of nitrogens with zero attached hydrogens (tertiary/aromatic N) is 1. The van der Waals surface area contributed by atoms with Gasteiger partial charge < -0.3 is 5.11 Å². The summed E-state index contributed by atoms with van der Waals surface area (Å²) in [6.45, 7) is 1.29. The maximum absolute atomic E-state index is 13.3. The predicted octanol–water partition coefficient (Wildman–Crippen LogP) is 0.252. The molecule has 1 aliphatic rings. The van der Waals surface area contributed by atoms with Crippen LogP contribution in [-0.2, 0) is 0 Å². The fraction of sp³-hybridized carbons (Fsp3) is 0.455. The van der Waals surface area contributed by atoms with Gasteiger partial charge in [-0.1, -0.05) is 0 Å². The van der Waals surface area contributed by atoms with Crippen molar-refractivity contribution in [1.29, 1.82) is 0 Å². The molecule has 0 aromatic carbocycles. The highest BCUT2D eigenvalue weighted by molar-refractivity contribution is 5.13. The van der Waals surface area contributed by atoms with Gasteiger partial charge in [0.2, 0.25) is 0 Å². The number of rotatable bonds is 2. The molecule has 1 aromatic rings.